The molecule has 0 radical (unpaired) electrons. The Morgan fingerprint density at radius 3 is 2.91 bits per heavy atom. The van der Waals surface area contributed by atoms with Crippen LogP contribution in [0.5, 0.6) is 10.9 Å². The normalized spacial score (nSPS) is 15.7. The Hall–Kier alpha value is -2.02. The number of hydrogen-bond acceptors (Lipinski definition) is 5. The number of likely N-dealkylation sites (tertiary alicyclic amines) is 1. The van der Waals surface area contributed by atoms with E-state index in [0.29, 0.717) is 11.7 Å². The van der Waals surface area contributed by atoms with Crippen LogP contribution in [0.15, 0.2) is 18.2 Å². The summed E-state index contributed by atoms with van der Waals surface area (Å²) in [5, 5.41) is 3.52. The average molecular weight is 335 g/mol. The molecule has 124 valence electrons. The maximum atomic E-state index is 11.8. The SMILES string of the molecule is CCNC(=O)N1CCC(Oc2nc3ccc(OC)cc3s2)CC1. The highest BCUT2D eigenvalue weighted by Crippen LogP contribution is 2.32. The summed E-state index contributed by atoms with van der Waals surface area (Å²) < 4.78 is 12.3. The van der Waals surface area contributed by atoms with Gasteiger partial charge in [-0.25, -0.2) is 9.78 Å². The van der Waals surface area contributed by atoms with Gasteiger partial charge in [0, 0.05) is 32.5 Å². The van der Waals surface area contributed by atoms with Gasteiger partial charge in [0.25, 0.3) is 5.19 Å². The zero-order chi connectivity index (χ0) is 16.2. The number of nitrogens with zero attached hydrogens (tertiary/aromatic N) is 2. The molecule has 0 saturated carbocycles. The van der Waals surface area contributed by atoms with Gasteiger partial charge in [0.2, 0.25) is 0 Å². The second-order valence-electron chi connectivity index (χ2n) is 5.45. The van der Waals surface area contributed by atoms with Crippen LogP contribution in [0.3, 0.4) is 0 Å². The largest absolute Gasteiger partial charge is 0.497 e. The smallest absolute Gasteiger partial charge is 0.317 e. The van der Waals surface area contributed by atoms with Gasteiger partial charge in [-0.2, -0.15) is 0 Å². The highest BCUT2D eigenvalue weighted by Gasteiger charge is 2.24. The minimum atomic E-state index is 0.0121. The van der Waals surface area contributed by atoms with E-state index in [-0.39, 0.29) is 12.1 Å². The summed E-state index contributed by atoms with van der Waals surface area (Å²) in [5.74, 6) is 0.822. The van der Waals surface area contributed by atoms with Crippen molar-refractivity contribution in [2.75, 3.05) is 26.7 Å². The number of fused-ring (bicyclic) bond motifs is 1. The van der Waals surface area contributed by atoms with Gasteiger partial charge in [-0.05, 0) is 25.1 Å². The van der Waals surface area contributed by atoms with Crippen LogP contribution in [0.25, 0.3) is 10.2 Å². The van der Waals surface area contributed by atoms with E-state index in [1.54, 1.807) is 7.11 Å². The molecule has 0 unspecified atom stereocenters. The highest BCUT2D eigenvalue weighted by molar-refractivity contribution is 7.20. The van der Waals surface area contributed by atoms with Gasteiger partial charge < -0.3 is 19.7 Å². The summed E-state index contributed by atoms with van der Waals surface area (Å²) in [5.41, 5.74) is 0.922. The molecular formula is C16H21N3O3S. The van der Waals surface area contributed by atoms with E-state index in [2.05, 4.69) is 10.3 Å². The first-order valence-electron chi connectivity index (χ1n) is 7.83. The quantitative estimate of drug-likeness (QED) is 0.933. The second kappa shape index (κ2) is 7.04. The molecular weight excluding hydrogens is 314 g/mol. The number of carbonyl (C=O) groups excluding carboxylic acids is 1. The maximum absolute atomic E-state index is 11.8. The molecule has 1 saturated heterocycles. The van der Waals surface area contributed by atoms with Crippen molar-refractivity contribution in [2.24, 2.45) is 0 Å². The third-order valence-electron chi connectivity index (χ3n) is 3.90. The number of hydrogen-bond donors (Lipinski definition) is 1. The number of ether oxygens (including phenoxy) is 2. The van der Waals surface area contributed by atoms with Gasteiger partial charge in [0.05, 0.1) is 17.3 Å². The van der Waals surface area contributed by atoms with Crippen molar-refractivity contribution in [3.05, 3.63) is 18.2 Å². The molecule has 2 aromatic rings. The van der Waals surface area contributed by atoms with E-state index in [9.17, 15) is 4.79 Å². The molecule has 0 bridgehead atoms. The van der Waals surface area contributed by atoms with Gasteiger partial charge in [0.15, 0.2) is 0 Å². The van der Waals surface area contributed by atoms with Crippen LogP contribution in [-0.2, 0) is 0 Å². The number of amides is 2. The van der Waals surface area contributed by atoms with E-state index in [1.807, 2.05) is 30.0 Å². The predicted octanol–water partition coefficient (Wildman–Crippen LogP) is 2.88. The summed E-state index contributed by atoms with van der Waals surface area (Å²) in [6, 6.07) is 5.82. The first kappa shape index (κ1) is 15.9. The van der Waals surface area contributed by atoms with E-state index in [0.717, 1.165) is 41.9 Å². The fraction of sp³-hybridized carbons (Fsp3) is 0.500. The van der Waals surface area contributed by atoms with Crippen LogP contribution in [-0.4, -0.2) is 48.8 Å². The number of piperidine rings is 1. The van der Waals surface area contributed by atoms with Crippen molar-refractivity contribution in [2.45, 2.75) is 25.9 Å². The lowest BCUT2D eigenvalue weighted by Crippen LogP contribution is -2.46. The zero-order valence-electron chi connectivity index (χ0n) is 13.4. The Balaban J connectivity index is 1.59. The third kappa shape index (κ3) is 3.67. The Labute approximate surface area is 139 Å². The predicted molar refractivity (Wildman–Crippen MR) is 90.5 cm³/mol. The molecule has 0 spiro atoms. The Morgan fingerprint density at radius 1 is 1.43 bits per heavy atom. The van der Waals surface area contributed by atoms with Crippen LogP contribution >= 0.6 is 11.3 Å². The van der Waals surface area contributed by atoms with Gasteiger partial charge >= 0.3 is 6.03 Å². The van der Waals surface area contributed by atoms with E-state index in [1.165, 1.54) is 11.3 Å². The number of nitrogens with one attached hydrogen (secondary N) is 1. The number of rotatable bonds is 4. The topological polar surface area (TPSA) is 63.7 Å². The summed E-state index contributed by atoms with van der Waals surface area (Å²) in [6.07, 6.45) is 1.77. The number of urea groups is 1. The summed E-state index contributed by atoms with van der Waals surface area (Å²) in [7, 11) is 1.65. The van der Waals surface area contributed by atoms with Crippen molar-refractivity contribution >= 4 is 27.6 Å². The Kier molecular flexibility index (Phi) is 4.85. The van der Waals surface area contributed by atoms with Crippen LogP contribution < -0.4 is 14.8 Å². The van der Waals surface area contributed by atoms with E-state index >= 15 is 0 Å². The van der Waals surface area contributed by atoms with Crippen molar-refractivity contribution in [1.82, 2.24) is 15.2 Å². The first-order chi connectivity index (χ1) is 11.2. The lowest BCUT2D eigenvalue weighted by atomic mass is 10.1. The fourth-order valence-corrected chi connectivity index (χ4v) is 3.55. The molecule has 2 amide bonds. The van der Waals surface area contributed by atoms with Crippen LogP contribution in [0.2, 0.25) is 0 Å². The Morgan fingerprint density at radius 2 is 2.22 bits per heavy atom. The van der Waals surface area contributed by atoms with Crippen molar-refractivity contribution in [1.29, 1.82) is 0 Å². The standard InChI is InChI=1S/C16H21N3O3S/c1-3-17-15(20)19-8-6-11(7-9-19)22-16-18-13-5-4-12(21-2)10-14(13)23-16/h4-5,10-11H,3,6-9H2,1-2H3,(H,17,20). The van der Waals surface area contributed by atoms with Crippen LogP contribution in [0.1, 0.15) is 19.8 Å². The van der Waals surface area contributed by atoms with Crippen molar-refractivity contribution in [3.63, 3.8) is 0 Å². The van der Waals surface area contributed by atoms with E-state index in [4.69, 9.17) is 9.47 Å². The van der Waals surface area contributed by atoms with Crippen molar-refractivity contribution in [3.8, 4) is 10.9 Å². The van der Waals surface area contributed by atoms with Gasteiger partial charge in [0.1, 0.15) is 11.9 Å². The fourth-order valence-electron chi connectivity index (χ4n) is 2.64. The molecule has 3 rings (SSSR count). The molecule has 0 aliphatic carbocycles. The minimum Gasteiger partial charge on any atom is -0.497 e. The summed E-state index contributed by atoms with van der Waals surface area (Å²) in [6.45, 7) is 4.02. The zero-order valence-corrected chi connectivity index (χ0v) is 14.2. The first-order valence-corrected chi connectivity index (χ1v) is 8.65. The molecule has 1 aliphatic rings. The van der Waals surface area contributed by atoms with Crippen LogP contribution in [0.4, 0.5) is 4.79 Å². The Bertz CT molecular complexity index is 680. The van der Waals surface area contributed by atoms with Gasteiger partial charge in [-0.1, -0.05) is 11.3 Å². The van der Waals surface area contributed by atoms with Gasteiger partial charge in [-0.15, -0.1) is 0 Å². The molecule has 2 heterocycles. The van der Waals surface area contributed by atoms with Crippen molar-refractivity contribution < 1.29 is 14.3 Å². The molecule has 6 nitrogen and oxygen atoms in total. The summed E-state index contributed by atoms with van der Waals surface area (Å²) in [4.78, 5) is 18.1. The second-order valence-corrected chi connectivity index (χ2v) is 6.45. The van der Waals surface area contributed by atoms with Crippen LogP contribution in [0, 0.1) is 0 Å². The molecule has 7 heteroatoms. The molecule has 1 aromatic heterocycles. The molecule has 1 aliphatic heterocycles. The lowest BCUT2D eigenvalue weighted by molar-refractivity contribution is 0.111. The maximum Gasteiger partial charge on any atom is 0.317 e. The number of aromatic nitrogens is 1. The third-order valence-corrected chi connectivity index (χ3v) is 4.81. The lowest BCUT2D eigenvalue weighted by Gasteiger charge is -2.31. The highest BCUT2D eigenvalue weighted by atomic mass is 32.1. The van der Waals surface area contributed by atoms with Gasteiger partial charge in [-0.3, -0.25) is 0 Å². The number of methoxy groups -OCH3 is 1. The number of benzene rings is 1. The average Bonchev–Trinajstić information content (AvgIpc) is 2.96. The number of carbonyl (C=O) groups is 1. The molecule has 1 N–H and O–H groups in total. The van der Waals surface area contributed by atoms with E-state index < -0.39 is 0 Å². The molecule has 0 atom stereocenters. The minimum absolute atomic E-state index is 0.0121. The summed E-state index contributed by atoms with van der Waals surface area (Å²) >= 11 is 1.53. The monoisotopic (exact) mass is 335 g/mol. The molecule has 1 fully saturated rings. The molecule has 23 heavy (non-hydrogen) atoms. The molecule has 1 aromatic carbocycles. The number of thiazole rings is 1.